The number of hydrogen-bond donors (Lipinski definition) is 2. The number of rotatable bonds is 8. The quantitative estimate of drug-likeness (QED) is 0.403. The monoisotopic (exact) mass is 402 g/mol. The zero-order chi connectivity index (χ0) is 20.5. The predicted molar refractivity (Wildman–Crippen MR) is 112 cm³/mol. The Morgan fingerprint density at radius 3 is 2.93 bits per heavy atom. The molecule has 2 N–H and O–H groups in total. The first-order chi connectivity index (χ1) is 14.2. The molecular formula is C21H31FN6O. The van der Waals surface area contributed by atoms with Crippen LogP contribution in [0.1, 0.15) is 44.3 Å². The summed E-state index contributed by atoms with van der Waals surface area (Å²) in [6.45, 7) is 4.23. The standard InChI is InChI=1S/C21H31FN6O/c1-16(29-18-10-6-5-9-17(18)22)15-25-21(23-2)24-13-8-12-20-27-26-19-11-4-3-7-14-28(19)20/h5-6,9-10,16H,3-4,7-8,11-15H2,1-2H3,(H2,23,24,25). The Morgan fingerprint density at radius 1 is 1.24 bits per heavy atom. The van der Waals surface area contributed by atoms with E-state index in [9.17, 15) is 4.39 Å². The van der Waals surface area contributed by atoms with Gasteiger partial charge in [0, 0.05) is 33.0 Å². The number of hydrogen-bond acceptors (Lipinski definition) is 4. The second kappa shape index (κ2) is 10.8. The smallest absolute Gasteiger partial charge is 0.191 e. The summed E-state index contributed by atoms with van der Waals surface area (Å²) in [5.41, 5.74) is 0. The predicted octanol–water partition coefficient (Wildman–Crippen LogP) is 2.71. The molecule has 7 nitrogen and oxygen atoms in total. The van der Waals surface area contributed by atoms with Crippen molar-refractivity contribution in [2.75, 3.05) is 20.1 Å². The molecule has 0 bridgehead atoms. The molecule has 2 heterocycles. The molecule has 0 saturated heterocycles. The van der Waals surface area contributed by atoms with E-state index in [2.05, 4.69) is 30.4 Å². The van der Waals surface area contributed by atoms with Gasteiger partial charge in [-0.2, -0.15) is 0 Å². The van der Waals surface area contributed by atoms with Crippen LogP contribution in [0.5, 0.6) is 5.75 Å². The number of nitrogens with one attached hydrogen (secondary N) is 2. The molecule has 0 amide bonds. The van der Waals surface area contributed by atoms with Crippen molar-refractivity contribution in [3.63, 3.8) is 0 Å². The van der Waals surface area contributed by atoms with Crippen LogP contribution in [0, 0.1) is 5.82 Å². The van der Waals surface area contributed by atoms with E-state index in [1.165, 1.54) is 25.3 Å². The van der Waals surface area contributed by atoms with Crippen molar-refractivity contribution >= 4 is 5.96 Å². The van der Waals surface area contributed by atoms with Crippen molar-refractivity contribution in [3.8, 4) is 5.75 Å². The first-order valence-electron chi connectivity index (χ1n) is 10.4. The van der Waals surface area contributed by atoms with E-state index in [1.807, 2.05) is 6.92 Å². The zero-order valence-corrected chi connectivity index (χ0v) is 17.3. The van der Waals surface area contributed by atoms with E-state index in [0.29, 0.717) is 12.5 Å². The van der Waals surface area contributed by atoms with Gasteiger partial charge in [-0.25, -0.2) is 4.39 Å². The fourth-order valence-corrected chi connectivity index (χ4v) is 3.44. The molecule has 2 aromatic rings. The van der Waals surface area contributed by atoms with Crippen LogP contribution in [0.3, 0.4) is 0 Å². The second-order valence-electron chi connectivity index (χ2n) is 7.34. The van der Waals surface area contributed by atoms with Crippen LogP contribution >= 0.6 is 0 Å². The molecule has 0 saturated carbocycles. The molecule has 0 fully saturated rings. The highest BCUT2D eigenvalue weighted by molar-refractivity contribution is 5.79. The van der Waals surface area contributed by atoms with E-state index in [-0.39, 0.29) is 17.7 Å². The Kier molecular flexibility index (Phi) is 7.84. The summed E-state index contributed by atoms with van der Waals surface area (Å²) in [6, 6.07) is 6.43. The summed E-state index contributed by atoms with van der Waals surface area (Å²) in [5.74, 6) is 2.82. The summed E-state index contributed by atoms with van der Waals surface area (Å²) in [6.07, 6.45) is 6.36. The average Bonchev–Trinajstić information content (AvgIpc) is 2.95. The number of fused-ring (bicyclic) bond motifs is 1. The maximum Gasteiger partial charge on any atom is 0.191 e. The van der Waals surface area contributed by atoms with Crippen LogP contribution < -0.4 is 15.4 Å². The molecular weight excluding hydrogens is 371 g/mol. The van der Waals surface area contributed by atoms with Crippen LogP contribution in [0.4, 0.5) is 4.39 Å². The number of aryl methyl sites for hydroxylation is 2. The number of aliphatic imine (C=N–C) groups is 1. The first-order valence-corrected chi connectivity index (χ1v) is 10.4. The molecule has 1 aliphatic heterocycles. The van der Waals surface area contributed by atoms with Gasteiger partial charge in [0.15, 0.2) is 17.5 Å². The van der Waals surface area contributed by atoms with Crippen molar-refractivity contribution in [2.45, 2.75) is 58.1 Å². The van der Waals surface area contributed by atoms with E-state index in [0.717, 1.165) is 44.0 Å². The first kappa shape index (κ1) is 21.1. The maximum absolute atomic E-state index is 13.7. The molecule has 1 atom stereocenters. The lowest BCUT2D eigenvalue weighted by Crippen LogP contribution is -2.42. The number of para-hydroxylation sites is 1. The molecule has 0 spiro atoms. The van der Waals surface area contributed by atoms with Crippen LogP contribution in [0.25, 0.3) is 0 Å². The molecule has 1 aliphatic rings. The molecule has 1 aromatic carbocycles. The van der Waals surface area contributed by atoms with Gasteiger partial charge in [-0.3, -0.25) is 4.99 Å². The van der Waals surface area contributed by atoms with Gasteiger partial charge in [0.2, 0.25) is 0 Å². The summed E-state index contributed by atoms with van der Waals surface area (Å²) in [5, 5.41) is 15.3. The van der Waals surface area contributed by atoms with Gasteiger partial charge in [-0.1, -0.05) is 18.6 Å². The minimum Gasteiger partial charge on any atom is -0.486 e. The minimum atomic E-state index is -0.353. The van der Waals surface area contributed by atoms with Gasteiger partial charge in [0.1, 0.15) is 17.8 Å². The normalized spacial score (nSPS) is 15.3. The average molecular weight is 403 g/mol. The summed E-state index contributed by atoms with van der Waals surface area (Å²) in [7, 11) is 1.73. The molecule has 8 heteroatoms. The van der Waals surface area contributed by atoms with E-state index in [4.69, 9.17) is 4.74 Å². The number of benzene rings is 1. The largest absolute Gasteiger partial charge is 0.486 e. The summed E-state index contributed by atoms with van der Waals surface area (Å²) < 4.78 is 21.6. The SMILES string of the molecule is CN=C(NCCCc1nnc2n1CCCCC2)NCC(C)Oc1ccccc1F. The third-order valence-corrected chi connectivity index (χ3v) is 5.00. The lowest BCUT2D eigenvalue weighted by molar-refractivity contribution is 0.214. The highest BCUT2D eigenvalue weighted by Crippen LogP contribution is 2.17. The van der Waals surface area contributed by atoms with Crippen molar-refractivity contribution in [1.82, 2.24) is 25.4 Å². The van der Waals surface area contributed by atoms with E-state index >= 15 is 0 Å². The maximum atomic E-state index is 13.7. The minimum absolute atomic E-state index is 0.197. The molecule has 0 aliphatic carbocycles. The summed E-state index contributed by atoms with van der Waals surface area (Å²) >= 11 is 0. The number of halogens is 1. The molecule has 3 rings (SSSR count). The van der Waals surface area contributed by atoms with Crippen molar-refractivity contribution in [3.05, 3.63) is 41.7 Å². The molecule has 158 valence electrons. The molecule has 0 radical (unpaired) electrons. The van der Waals surface area contributed by atoms with E-state index < -0.39 is 0 Å². The Labute approximate surface area is 171 Å². The lowest BCUT2D eigenvalue weighted by atomic mass is 10.2. The Hall–Kier alpha value is -2.64. The molecule has 1 unspecified atom stereocenters. The Bertz CT molecular complexity index is 806. The van der Waals surface area contributed by atoms with Gasteiger partial charge < -0.3 is 19.9 Å². The second-order valence-corrected chi connectivity index (χ2v) is 7.34. The zero-order valence-electron chi connectivity index (χ0n) is 17.3. The van der Waals surface area contributed by atoms with Gasteiger partial charge in [-0.05, 0) is 38.3 Å². The number of ether oxygens (including phenoxy) is 1. The van der Waals surface area contributed by atoms with Crippen LogP contribution in [-0.2, 0) is 19.4 Å². The highest BCUT2D eigenvalue weighted by atomic mass is 19.1. The van der Waals surface area contributed by atoms with Crippen LogP contribution in [0.2, 0.25) is 0 Å². The van der Waals surface area contributed by atoms with Crippen LogP contribution in [-0.4, -0.2) is 47.0 Å². The number of nitrogens with zero attached hydrogens (tertiary/aromatic N) is 4. The van der Waals surface area contributed by atoms with Gasteiger partial charge in [-0.15, -0.1) is 10.2 Å². The number of guanidine groups is 1. The third-order valence-electron chi connectivity index (χ3n) is 5.00. The topological polar surface area (TPSA) is 76.4 Å². The fourth-order valence-electron chi connectivity index (χ4n) is 3.44. The van der Waals surface area contributed by atoms with E-state index in [1.54, 1.807) is 25.2 Å². The van der Waals surface area contributed by atoms with Crippen LogP contribution in [0.15, 0.2) is 29.3 Å². The van der Waals surface area contributed by atoms with Gasteiger partial charge in [0.05, 0.1) is 6.54 Å². The van der Waals surface area contributed by atoms with Gasteiger partial charge >= 0.3 is 0 Å². The van der Waals surface area contributed by atoms with Crippen molar-refractivity contribution in [1.29, 1.82) is 0 Å². The van der Waals surface area contributed by atoms with Crippen molar-refractivity contribution in [2.24, 2.45) is 4.99 Å². The number of aromatic nitrogens is 3. The van der Waals surface area contributed by atoms with Gasteiger partial charge in [0.25, 0.3) is 0 Å². The summed E-state index contributed by atoms with van der Waals surface area (Å²) in [4.78, 5) is 4.23. The van der Waals surface area contributed by atoms with Crippen molar-refractivity contribution < 1.29 is 9.13 Å². The highest BCUT2D eigenvalue weighted by Gasteiger charge is 2.14. The third kappa shape index (κ3) is 6.17. The Balaban J connectivity index is 1.37. The molecule has 1 aromatic heterocycles. The Morgan fingerprint density at radius 2 is 2.10 bits per heavy atom. The molecule has 29 heavy (non-hydrogen) atoms. The lowest BCUT2D eigenvalue weighted by Gasteiger charge is -2.18. The fraction of sp³-hybridized carbons (Fsp3) is 0.571.